The highest BCUT2D eigenvalue weighted by Crippen LogP contribution is 2.14. The fourth-order valence-electron chi connectivity index (χ4n) is 1.39. The van der Waals surface area contributed by atoms with E-state index in [1.807, 2.05) is 13.1 Å². The average Bonchev–Trinajstić information content (AvgIpc) is 2.24. The summed E-state index contributed by atoms with van der Waals surface area (Å²) >= 11 is 0. The Balaban J connectivity index is 2.35. The quantitative estimate of drug-likeness (QED) is 0.604. The number of carboxylic acid groups (broad SMARTS) is 1. The highest BCUT2D eigenvalue weighted by Gasteiger charge is 2.15. The topological polar surface area (TPSA) is 66.8 Å². The van der Waals surface area contributed by atoms with Crippen molar-refractivity contribution in [3.63, 3.8) is 0 Å². The van der Waals surface area contributed by atoms with Crippen LogP contribution in [0.25, 0.3) is 0 Å². The summed E-state index contributed by atoms with van der Waals surface area (Å²) in [6.45, 7) is 4.34. The van der Waals surface area contributed by atoms with Crippen LogP contribution in [0.5, 0.6) is 5.75 Å². The summed E-state index contributed by atoms with van der Waals surface area (Å²) in [5, 5.41) is 8.72. The summed E-state index contributed by atoms with van der Waals surface area (Å²) in [5.41, 5.74) is 0.251. The smallest absolute Gasteiger partial charge is 0.335 e. The zero-order valence-electron chi connectivity index (χ0n) is 10.1. The van der Waals surface area contributed by atoms with Crippen LogP contribution in [0.15, 0.2) is 24.3 Å². The minimum absolute atomic E-state index is 0.251. The predicted molar refractivity (Wildman–Crippen MR) is 68.0 cm³/mol. The summed E-state index contributed by atoms with van der Waals surface area (Å²) in [6.07, 6.45) is 0.816. The Bertz CT molecular complexity index is 367. The highest BCUT2D eigenvalue weighted by molar-refractivity contribution is 6.69. The van der Waals surface area contributed by atoms with E-state index in [9.17, 15) is 9.59 Å². The molecule has 0 amide bonds. The Labute approximate surface area is 102 Å². The van der Waals surface area contributed by atoms with Crippen molar-refractivity contribution in [3.05, 3.63) is 29.8 Å². The molecular formula is C12H18O4Si. The van der Waals surface area contributed by atoms with Gasteiger partial charge in [-0.25, -0.2) is 4.79 Å². The third-order valence-corrected chi connectivity index (χ3v) is 3.88. The van der Waals surface area contributed by atoms with Gasteiger partial charge in [-0.2, -0.15) is 0 Å². The first-order chi connectivity index (χ1) is 7.88. The largest absolute Gasteiger partial charge is 0.494 e. The monoisotopic (exact) mass is 254 g/mol. The van der Waals surface area contributed by atoms with E-state index in [2.05, 4.69) is 0 Å². The van der Waals surface area contributed by atoms with Gasteiger partial charge in [0.05, 0.1) is 12.2 Å². The lowest BCUT2D eigenvalue weighted by atomic mass is 10.2. The van der Waals surface area contributed by atoms with Crippen LogP contribution < -0.4 is 4.74 Å². The molecular weight excluding hydrogens is 236 g/mol. The zero-order chi connectivity index (χ0) is 12.9. The summed E-state index contributed by atoms with van der Waals surface area (Å²) in [5.74, 6) is -0.281. The Hall–Kier alpha value is -1.33. The van der Waals surface area contributed by atoms with Crippen LogP contribution in [-0.4, -0.2) is 30.8 Å². The zero-order valence-corrected chi connectivity index (χ0v) is 11.1. The van der Waals surface area contributed by atoms with Crippen molar-refractivity contribution in [2.24, 2.45) is 0 Å². The number of hydrogen-bond acceptors (Lipinski definition) is 3. The average molecular weight is 254 g/mol. The van der Waals surface area contributed by atoms with E-state index in [1.54, 1.807) is 12.1 Å². The Morgan fingerprint density at radius 3 is 2.35 bits per heavy atom. The molecule has 0 bridgehead atoms. The molecule has 17 heavy (non-hydrogen) atoms. The number of benzene rings is 1. The molecule has 0 fully saturated rings. The molecule has 0 saturated heterocycles. The Morgan fingerprint density at radius 2 is 1.88 bits per heavy atom. The number of hydrogen-bond donors (Lipinski definition) is 2. The summed E-state index contributed by atoms with van der Waals surface area (Å²) in [6, 6.07) is 7.13. The molecule has 94 valence electrons. The highest BCUT2D eigenvalue weighted by atomic mass is 28.4. The van der Waals surface area contributed by atoms with Crippen molar-refractivity contribution in [2.75, 3.05) is 6.61 Å². The van der Waals surface area contributed by atoms with E-state index in [0.29, 0.717) is 12.4 Å². The fourth-order valence-corrected chi connectivity index (χ4v) is 2.40. The molecule has 1 rings (SSSR count). The Morgan fingerprint density at radius 1 is 1.29 bits per heavy atom. The SMILES string of the molecule is C[Si](C)(O)CCCOc1ccc(C(=O)O)cc1. The van der Waals surface area contributed by atoms with Gasteiger partial charge in [-0.3, -0.25) is 0 Å². The molecule has 0 aromatic heterocycles. The van der Waals surface area contributed by atoms with Crippen molar-refractivity contribution in [1.29, 1.82) is 0 Å². The number of aromatic carboxylic acids is 1. The van der Waals surface area contributed by atoms with E-state index in [0.717, 1.165) is 12.5 Å². The molecule has 0 aliphatic heterocycles. The van der Waals surface area contributed by atoms with Crippen LogP contribution in [-0.2, 0) is 0 Å². The summed E-state index contributed by atoms with van der Waals surface area (Å²) < 4.78 is 5.45. The lowest BCUT2D eigenvalue weighted by Crippen LogP contribution is -2.25. The number of carboxylic acids is 1. The third-order valence-electron chi connectivity index (χ3n) is 2.30. The van der Waals surface area contributed by atoms with Gasteiger partial charge >= 0.3 is 5.97 Å². The van der Waals surface area contributed by atoms with Crippen LogP contribution in [0.3, 0.4) is 0 Å². The number of rotatable bonds is 6. The molecule has 0 heterocycles. The molecule has 1 aromatic rings. The van der Waals surface area contributed by atoms with Gasteiger partial charge in [0.15, 0.2) is 8.32 Å². The minimum atomic E-state index is -1.98. The van der Waals surface area contributed by atoms with E-state index in [1.165, 1.54) is 12.1 Å². The first-order valence-corrected chi connectivity index (χ1v) is 8.72. The lowest BCUT2D eigenvalue weighted by Gasteiger charge is -2.13. The summed E-state index contributed by atoms with van der Waals surface area (Å²) in [7, 11) is -1.98. The molecule has 0 unspecified atom stereocenters. The Kier molecular flexibility index (Phi) is 4.71. The van der Waals surface area contributed by atoms with Crippen LogP contribution in [0, 0.1) is 0 Å². The van der Waals surface area contributed by atoms with Crippen LogP contribution in [0.2, 0.25) is 19.1 Å². The molecule has 4 nitrogen and oxygen atoms in total. The second kappa shape index (κ2) is 5.84. The number of carbonyl (C=O) groups is 1. The van der Waals surface area contributed by atoms with Gasteiger partial charge in [-0.15, -0.1) is 0 Å². The lowest BCUT2D eigenvalue weighted by molar-refractivity contribution is 0.0697. The first-order valence-electron chi connectivity index (χ1n) is 5.57. The second-order valence-electron chi connectivity index (χ2n) is 4.59. The van der Waals surface area contributed by atoms with Gasteiger partial charge in [0.2, 0.25) is 0 Å². The van der Waals surface area contributed by atoms with Gasteiger partial charge in [0.25, 0.3) is 0 Å². The van der Waals surface area contributed by atoms with E-state index < -0.39 is 14.3 Å². The fraction of sp³-hybridized carbons (Fsp3) is 0.417. The van der Waals surface area contributed by atoms with Crippen LogP contribution in [0.4, 0.5) is 0 Å². The molecule has 0 aliphatic carbocycles. The van der Waals surface area contributed by atoms with Crippen LogP contribution >= 0.6 is 0 Å². The second-order valence-corrected chi connectivity index (χ2v) is 8.72. The predicted octanol–water partition coefficient (Wildman–Crippen LogP) is 2.35. The van der Waals surface area contributed by atoms with Gasteiger partial charge in [-0.05, 0) is 49.8 Å². The number of ether oxygens (including phenoxy) is 1. The van der Waals surface area contributed by atoms with Crippen molar-refractivity contribution in [3.8, 4) is 5.75 Å². The first kappa shape index (κ1) is 13.7. The van der Waals surface area contributed by atoms with Gasteiger partial charge < -0.3 is 14.6 Å². The minimum Gasteiger partial charge on any atom is -0.494 e. The van der Waals surface area contributed by atoms with Crippen molar-refractivity contribution in [1.82, 2.24) is 0 Å². The van der Waals surface area contributed by atoms with E-state index >= 15 is 0 Å². The molecule has 0 spiro atoms. The maximum atomic E-state index is 10.6. The maximum absolute atomic E-state index is 10.6. The van der Waals surface area contributed by atoms with E-state index in [4.69, 9.17) is 9.84 Å². The van der Waals surface area contributed by atoms with Crippen molar-refractivity contribution in [2.45, 2.75) is 25.6 Å². The molecule has 5 heteroatoms. The third kappa shape index (κ3) is 5.51. The molecule has 1 aromatic carbocycles. The molecule has 2 N–H and O–H groups in total. The van der Waals surface area contributed by atoms with Crippen LogP contribution in [0.1, 0.15) is 16.8 Å². The molecule has 0 aliphatic rings. The van der Waals surface area contributed by atoms with Crippen molar-refractivity contribution < 1.29 is 19.4 Å². The summed E-state index contributed by atoms with van der Waals surface area (Å²) in [4.78, 5) is 20.2. The molecule has 0 saturated carbocycles. The van der Waals surface area contributed by atoms with E-state index in [-0.39, 0.29) is 5.56 Å². The molecule has 0 atom stereocenters. The standard InChI is InChI=1S/C12H18O4Si/c1-17(2,15)9-3-8-16-11-6-4-10(5-7-11)12(13)14/h4-7,15H,3,8-9H2,1-2H3,(H,13,14). The van der Waals surface area contributed by atoms with Gasteiger partial charge in [0.1, 0.15) is 5.75 Å². The molecule has 0 radical (unpaired) electrons. The van der Waals surface area contributed by atoms with Gasteiger partial charge in [-0.1, -0.05) is 0 Å². The maximum Gasteiger partial charge on any atom is 0.335 e. The van der Waals surface area contributed by atoms with Gasteiger partial charge in [0, 0.05) is 0 Å². The normalized spacial score (nSPS) is 11.2. The van der Waals surface area contributed by atoms with Crippen molar-refractivity contribution >= 4 is 14.3 Å².